The topological polar surface area (TPSA) is 55.2 Å². The van der Waals surface area contributed by atoms with Crippen LogP contribution in [-0.4, -0.2) is 29.0 Å². The summed E-state index contributed by atoms with van der Waals surface area (Å²) in [7, 11) is 0. The van der Waals surface area contributed by atoms with Gasteiger partial charge in [-0.3, -0.25) is 10.1 Å². The molecule has 0 amide bonds. The van der Waals surface area contributed by atoms with E-state index < -0.39 is 0 Å². The highest BCUT2D eigenvalue weighted by molar-refractivity contribution is 7.99. The van der Waals surface area contributed by atoms with Crippen molar-refractivity contribution in [3.05, 3.63) is 39.9 Å². The molecule has 4 nitrogen and oxygen atoms in total. The zero-order valence-electron chi connectivity index (χ0n) is 11.9. The molecule has 0 saturated heterocycles. The monoisotopic (exact) mass is 294 g/mol. The summed E-state index contributed by atoms with van der Waals surface area (Å²) in [4.78, 5) is 10.7. The Hall–Kier alpha value is -1.07. The molecule has 0 spiro atoms. The first-order valence-electron chi connectivity index (χ1n) is 7.21. The number of thioether (sulfide) groups is 1. The quantitative estimate of drug-likeness (QED) is 0.645. The number of benzene rings is 1. The van der Waals surface area contributed by atoms with Crippen LogP contribution in [0.25, 0.3) is 0 Å². The number of nitro groups is 1. The van der Waals surface area contributed by atoms with Crippen LogP contribution in [0.4, 0.5) is 5.69 Å². The van der Waals surface area contributed by atoms with E-state index in [1.807, 2.05) is 23.9 Å². The highest BCUT2D eigenvalue weighted by atomic mass is 32.2. The van der Waals surface area contributed by atoms with Crippen molar-refractivity contribution >= 4 is 17.4 Å². The first-order valence-corrected chi connectivity index (χ1v) is 8.49. The molecule has 5 heteroatoms. The van der Waals surface area contributed by atoms with Crippen molar-refractivity contribution < 1.29 is 4.92 Å². The van der Waals surface area contributed by atoms with E-state index in [1.54, 1.807) is 12.1 Å². The maximum atomic E-state index is 11.0. The fourth-order valence-corrected chi connectivity index (χ4v) is 3.87. The Balaban J connectivity index is 1.88. The van der Waals surface area contributed by atoms with Crippen molar-refractivity contribution in [2.45, 2.75) is 43.4 Å². The van der Waals surface area contributed by atoms with E-state index in [9.17, 15) is 10.1 Å². The van der Waals surface area contributed by atoms with Gasteiger partial charge in [0.05, 0.1) is 4.92 Å². The van der Waals surface area contributed by atoms with Gasteiger partial charge >= 0.3 is 0 Å². The standard InChI is InChI=1S/C15H22N2O2S/c1-20-15-9-5-3-7-13(15)16-11-10-12-6-2-4-8-14(12)17(18)19/h2,4,6,8,13,15-16H,3,5,7,9-11H2,1H3. The van der Waals surface area contributed by atoms with E-state index in [-0.39, 0.29) is 10.6 Å². The van der Waals surface area contributed by atoms with Crippen LogP contribution in [0.5, 0.6) is 0 Å². The molecule has 2 unspecified atom stereocenters. The molecular formula is C15H22N2O2S. The maximum Gasteiger partial charge on any atom is 0.272 e. The first-order chi connectivity index (χ1) is 9.72. The second-order valence-electron chi connectivity index (χ2n) is 5.26. The molecular weight excluding hydrogens is 272 g/mol. The van der Waals surface area contributed by atoms with Gasteiger partial charge in [-0.2, -0.15) is 11.8 Å². The van der Waals surface area contributed by atoms with Crippen LogP contribution in [0.1, 0.15) is 31.2 Å². The maximum absolute atomic E-state index is 11.0. The second-order valence-corrected chi connectivity index (χ2v) is 6.33. The molecule has 0 radical (unpaired) electrons. The van der Waals surface area contributed by atoms with Crippen molar-refractivity contribution in [2.24, 2.45) is 0 Å². The van der Waals surface area contributed by atoms with E-state index in [0.29, 0.717) is 11.3 Å². The van der Waals surface area contributed by atoms with Gasteiger partial charge in [-0.1, -0.05) is 31.0 Å². The Kier molecular flexibility index (Phi) is 5.86. The molecule has 0 heterocycles. The molecule has 20 heavy (non-hydrogen) atoms. The van der Waals surface area contributed by atoms with Crippen molar-refractivity contribution in [3.63, 3.8) is 0 Å². The Morgan fingerprint density at radius 1 is 1.35 bits per heavy atom. The van der Waals surface area contributed by atoms with Gasteiger partial charge in [-0.05, 0) is 32.1 Å². The highest BCUT2D eigenvalue weighted by Gasteiger charge is 2.23. The number of nitrogens with zero attached hydrogens (tertiary/aromatic N) is 1. The molecule has 1 N–H and O–H groups in total. The van der Waals surface area contributed by atoms with Gasteiger partial charge in [0.15, 0.2) is 0 Å². The molecule has 0 aliphatic heterocycles. The normalized spacial score (nSPS) is 22.6. The lowest BCUT2D eigenvalue weighted by molar-refractivity contribution is -0.385. The van der Waals surface area contributed by atoms with Crippen molar-refractivity contribution in [1.29, 1.82) is 0 Å². The van der Waals surface area contributed by atoms with Crippen LogP contribution in [0.15, 0.2) is 24.3 Å². The predicted molar refractivity (Wildman–Crippen MR) is 84.4 cm³/mol. The minimum absolute atomic E-state index is 0.236. The molecule has 110 valence electrons. The fourth-order valence-electron chi connectivity index (χ4n) is 2.91. The average Bonchev–Trinajstić information content (AvgIpc) is 2.48. The summed E-state index contributed by atoms with van der Waals surface area (Å²) in [5, 5.41) is 15.2. The van der Waals surface area contributed by atoms with Gasteiger partial charge in [0.2, 0.25) is 0 Å². The van der Waals surface area contributed by atoms with Gasteiger partial charge in [0, 0.05) is 22.9 Å². The minimum Gasteiger partial charge on any atom is -0.313 e. The Morgan fingerprint density at radius 3 is 2.85 bits per heavy atom. The molecule has 2 atom stereocenters. The number of nitro benzene ring substituents is 1. The van der Waals surface area contributed by atoms with Gasteiger partial charge in [0.25, 0.3) is 5.69 Å². The average molecular weight is 294 g/mol. The third-order valence-electron chi connectivity index (χ3n) is 3.99. The van der Waals surface area contributed by atoms with Crippen LogP contribution < -0.4 is 5.32 Å². The van der Waals surface area contributed by atoms with E-state index in [0.717, 1.165) is 18.5 Å². The lowest BCUT2D eigenvalue weighted by Crippen LogP contribution is -2.41. The Labute approximate surface area is 124 Å². The predicted octanol–water partition coefficient (Wildman–Crippen LogP) is 3.40. The molecule has 1 aliphatic carbocycles. The zero-order valence-corrected chi connectivity index (χ0v) is 12.7. The summed E-state index contributed by atoms with van der Waals surface area (Å²) in [5.74, 6) is 0. The summed E-state index contributed by atoms with van der Waals surface area (Å²) in [6, 6.07) is 7.59. The molecule has 1 aromatic rings. The number of para-hydroxylation sites is 1. The highest BCUT2D eigenvalue weighted by Crippen LogP contribution is 2.27. The van der Waals surface area contributed by atoms with E-state index >= 15 is 0 Å². The number of hydrogen-bond acceptors (Lipinski definition) is 4. The van der Waals surface area contributed by atoms with E-state index in [4.69, 9.17) is 0 Å². The third-order valence-corrected chi connectivity index (χ3v) is 5.16. The van der Waals surface area contributed by atoms with Gasteiger partial charge in [-0.15, -0.1) is 0 Å². The van der Waals surface area contributed by atoms with Crippen molar-refractivity contribution in [1.82, 2.24) is 5.32 Å². The largest absolute Gasteiger partial charge is 0.313 e. The van der Waals surface area contributed by atoms with Gasteiger partial charge < -0.3 is 5.32 Å². The summed E-state index contributed by atoms with van der Waals surface area (Å²) in [6.07, 6.45) is 8.02. The van der Waals surface area contributed by atoms with Crippen LogP contribution >= 0.6 is 11.8 Å². The Bertz CT molecular complexity index is 453. The van der Waals surface area contributed by atoms with Crippen LogP contribution in [0, 0.1) is 10.1 Å². The van der Waals surface area contributed by atoms with Crippen LogP contribution in [0.2, 0.25) is 0 Å². The van der Waals surface area contributed by atoms with Gasteiger partial charge in [0.1, 0.15) is 0 Å². The van der Waals surface area contributed by atoms with Crippen LogP contribution in [0.3, 0.4) is 0 Å². The van der Waals surface area contributed by atoms with Crippen LogP contribution in [-0.2, 0) is 6.42 Å². The zero-order chi connectivity index (χ0) is 14.4. The SMILES string of the molecule is CSC1CCCCC1NCCc1ccccc1[N+](=O)[O-]. The molecule has 1 saturated carbocycles. The molecule has 2 rings (SSSR count). The lowest BCUT2D eigenvalue weighted by Gasteiger charge is -2.31. The summed E-state index contributed by atoms with van der Waals surface area (Å²) >= 11 is 1.94. The van der Waals surface area contributed by atoms with E-state index in [1.165, 1.54) is 25.7 Å². The number of hydrogen-bond donors (Lipinski definition) is 1. The van der Waals surface area contributed by atoms with E-state index in [2.05, 4.69) is 11.6 Å². The second kappa shape index (κ2) is 7.64. The lowest BCUT2D eigenvalue weighted by atomic mass is 9.94. The first kappa shape index (κ1) is 15.3. The molecule has 0 aromatic heterocycles. The third kappa shape index (κ3) is 3.96. The molecule has 1 aliphatic rings. The van der Waals surface area contributed by atoms with Gasteiger partial charge in [-0.25, -0.2) is 0 Å². The fraction of sp³-hybridized carbons (Fsp3) is 0.600. The smallest absolute Gasteiger partial charge is 0.272 e. The summed E-state index contributed by atoms with van der Waals surface area (Å²) in [6.45, 7) is 0.812. The molecule has 0 bridgehead atoms. The molecule has 1 aromatic carbocycles. The summed E-state index contributed by atoms with van der Waals surface area (Å²) < 4.78 is 0. The Morgan fingerprint density at radius 2 is 2.10 bits per heavy atom. The minimum atomic E-state index is -0.291. The van der Waals surface area contributed by atoms with Crippen molar-refractivity contribution in [3.8, 4) is 0 Å². The molecule has 1 fully saturated rings. The summed E-state index contributed by atoms with van der Waals surface area (Å²) in [5.41, 5.74) is 1.06. The number of nitrogens with one attached hydrogen (secondary N) is 1. The van der Waals surface area contributed by atoms with Crippen molar-refractivity contribution in [2.75, 3.05) is 12.8 Å². The number of rotatable bonds is 6.